The number of ether oxygens (including phenoxy) is 2. The van der Waals surface area contributed by atoms with Crippen molar-refractivity contribution in [1.29, 1.82) is 0 Å². The van der Waals surface area contributed by atoms with Crippen LogP contribution in [0.5, 0.6) is 11.5 Å². The Hall–Kier alpha value is -3.45. The van der Waals surface area contributed by atoms with Crippen LogP contribution in [-0.4, -0.2) is 24.9 Å². The van der Waals surface area contributed by atoms with Crippen LogP contribution >= 0.6 is 11.6 Å². The molecule has 0 saturated carbocycles. The van der Waals surface area contributed by atoms with Crippen LogP contribution in [0.2, 0.25) is 5.02 Å². The zero-order valence-electron chi connectivity index (χ0n) is 17.7. The predicted octanol–water partition coefficient (Wildman–Crippen LogP) is 6.77. The van der Waals surface area contributed by atoms with E-state index in [4.69, 9.17) is 21.1 Å². The first-order chi connectivity index (χ1) is 15.7. The van der Waals surface area contributed by atoms with Crippen molar-refractivity contribution in [2.45, 2.75) is 13.1 Å². The first kappa shape index (κ1) is 22.7. The maximum absolute atomic E-state index is 13.2. The minimum absolute atomic E-state index is 0.128. The third-order valence-electron chi connectivity index (χ3n) is 5.20. The number of methoxy groups -OCH3 is 1. The van der Waals surface area contributed by atoms with Gasteiger partial charge in [0, 0.05) is 22.7 Å². The number of halogens is 4. The molecule has 4 nitrogen and oxygen atoms in total. The molecule has 0 spiro atoms. The molecule has 0 fully saturated rings. The fourth-order valence-corrected chi connectivity index (χ4v) is 3.92. The number of fused-ring (bicyclic) bond motifs is 1. The lowest BCUT2D eigenvalue weighted by Crippen LogP contribution is -2.19. The summed E-state index contributed by atoms with van der Waals surface area (Å²) in [4.78, 5) is 16.5. The summed E-state index contributed by atoms with van der Waals surface area (Å²) in [6, 6.07) is 16.9. The Bertz CT molecular complexity index is 1380. The molecule has 4 aromatic rings. The fourth-order valence-electron chi connectivity index (χ4n) is 3.68. The third-order valence-corrected chi connectivity index (χ3v) is 5.50. The van der Waals surface area contributed by atoms with E-state index in [1.807, 2.05) is 19.1 Å². The second-order valence-corrected chi connectivity index (χ2v) is 7.90. The summed E-state index contributed by atoms with van der Waals surface area (Å²) in [5.74, 6) is 0.598. The lowest BCUT2D eigenvalue weighted by molar-refractivity contribution is -0.153. The molecular formula is C25H19ClF3NO3. The summed E-state index contributed by atoms with van der Waals surface area (Å²) in [6.07, 6.45) is -4.40. The zero-order chi connectivity index (χ0) is 23.8. The summed E-state index contributed by atoms with van der Waals surface area (Å²) >= 11 is 6.21. The van der Waals surface area contributed by atoms with E-state index >= 15 is 0 Å². The van der Waals surface area contributed by atoms with Crippen molar-refractivity contribution in [3.8, 4) is 33.8 Å². The number of H-pyrrole nitrogens is 1. The molecule has 0 aliphatic carbocycles. The van der Waals surface area contributed by atoms with Crippen LogP contribution < -0.4 is 14.9 Å². The highest BCUT2D eigenvalue weighted by Crippen LogP contribution is 2.31. The van der Waals surface area contributed by atoms with Crippen LogP contribution in [0, 0.1) is 6.92 Å². The molecule has 0 amide bonds. The monoisotopic (exact) mass is 473 g/mol. The lowest BCUT2D eigenvalue weighted by Gasteiger charge is -2.12. The molecule has 33 heavy (non-hydrogen) atoms. The van der Waals surface area contributed by atoms with Crippen LogP contribution in [0.15, 0.2) is 65.5 Å². The molecule has 0 bridgehead atoms. The standard InChI is InChI=1S/C25H19ClF3NO3/c1-14-23(24(31)19-11-20(26)22(32-2)12-21(19)30-14)16-8-6-15(7-9-16)17-4-3-5-18(10-17)33-13-25(27,28)29/h3-12H,13H2,1-2H3,(H,30,31). The quantitative estimate of drug-likeness (QED) is 0.348. The van der Waals surface area contributed by atoms with Gasteiger partial charge >= 0.3 is 6.18 Å². The van der Waals surface area contributed by atoms with Crippen molar-refractivity contribution >= 4 is 22.5 Å². The average Bonchev–Trinajstić information content (AvgIpc) is 2.78. The van der Waals surface area contributed by atoms with Gasteiger partial charge in [0.2, 0.25) is 0 Å². The van der Waals surface area contributed by atoms with Gasteiger partial charge in [-0.15, -0.1) is 0 Å². The highest BCUT2D eigenvalue weighted by atomic mass is 35.5. The predicted molar refractivity (Wildman–Crippen MR) is 123 cm³/mol. The molecular weight excluding hydrogens is 455 g/mol. The number of aromatic nitrogens is 1. The Morgan fingerprint density at radius 1 is 0.970 bits per heavy atom. The van der Waals surface area contributed by atoms with Gasteiger partial charge in [0.25, 0.3) is 0 Å². The number of hydrogen-bond acceptors (Lipinski definition) is 3. The molecule has 0 atom stereocenters. The van der Waals surface area contributed by atoms with E-state index in [9.17, 15) is 18.0 Å². The minimum atomic E-state index is -4.40. The van der Waals surface area contributed by atoms with Crippen LogP contribution in [-0.2, 0) is 0 Å². The van der Waals surface area contributed by atoms with Crippen LogP contribution in [0.4, 0.5) is 13.2 Å². The van der Waals surface area contributed by atoms with Crippen LogP contribution in [0.1, 0.15) is 5.69 Å². The Morgan fingerprint density at radius 3 is 2.33 bits per heavy atom. The number of rotatable bonds is 5. The second kappa shape index (κ2) is 8.83. The van der Waals surface area contributed by atoms with E-state index in [0.717, 1.165) is 5.56 Å². The number of pyridine rings is 1. The second-order valence-electron chi connectivity index (χ2n) is 7.50. The first-order valence-electron chi connectivity index (χ1n) is 9.97. The van der Waals surface area contributed by atoms with Crippen molar-refractivity contribution in [2.75, 3.05) is 13.7 Å². The highest BCUT2D eigenvalue weighted by molar-refractivity contribution is 6.32. The molecule has 0 saturated heterocycles. The van der Waals surface area contributed by atoms with E-state index < -0.39 is 12.8 Å². The van der Waals surface area contributed by atoms with Crippen molar-refractivity contribution in [3.63, 3.8) is 0 Å². The SMILES string of the molecule is COc1cc2[nH]c(C)c(-c3ccc(-c4cccc(OCC(F)(F)F)c4)cc3)c(=O)c2cc1Cl. The van der Waals surface area contributed by atoms with E-state index in [1.54, 1.807) is 42.5 Å². The third kappa shape index (κ3) is 4.83. The highest BCUT2D eigenvalue weighted by Gasteiger charge is 2.28. The summed E-state index contributed by atoms with van der Waals surface area (Å²) in [5, 5.41) is 0.785. The van der Waals surface area contributed by atoms with E-state index in [1.165, 1.54) is 13.2 Å². The smallest absolute Gasteiger partial charge is 0.422 e. The van der Waals surface area contributed by atoms with Gasteiger partial charge in [0.1, 0.15) is 11.5 Å². The normalized spacial score (nSPS) is 11.6. The lowest BCUT2D eigenvalue weighted by atomic mass is 9.98. The van der Waals surface area contributed by atoms with Gasteiger partial charge < -0.3 is 14.5 Å². The Balaban J connectivity index is 1.68. The minimum Gasteiger partial charge on any atom is -0.495 e. The number of alkyl halides is 3. The maximum Gasteiger partial charge on any atom is 0.422 e. The molecule has 0 radical (unpaired) electrons. The molecule has 0 aliphatic rings. The molecule has 1 N–H and O–H groups in total. The summed E-state index contributed by atoms with van der Waals surface area (Å²) in [6.45, 7) is 0.460. The summed E-state index contributed by atoms with van der Waals surface area (Å²) in [5.41, 5.74) is 3.83. The number of hydrogen-bond donors (Lipinski definition) is 1. The molecule has 1 aromatic heterocycles. The van der Waals surface area contributed by atoms with Crippen molar-refractivity contribution < 1.29 is 22.6 Å². The molecule has 0 aliphatic heterocycles. The van der Waals surface area contributed by atoms with Crippen LogP contribution in [0.25, 0.3) is 33.2 Å². The molecule has 8 heteroatoms. The Labute approximate surface area is 192 Å². The summed E-state index contributed by atoms with van der Waals surface area (Å²) in [7, 11) is 1.51. The van der Waals surface area contributed by atoms with E-state index in [-0.39, 0.29) is 11.2 Å². The largest absolute Gasteiger partial charge is 0.495 e. The van der Waals surface area contributed by atoms with Gasteiger partial charge in [0.15, 0.2) is 12.0 Å². The number of nitrogens with one attached hydrogen (secondary N) is 1. The van der Waals surface area contributed by atoms with Gasteiger partial charge in [-0.25, -0.2) is 0 Å². The maximum atomic E-state index is 13.2. The van der Waals surface area contributed by atoms with Gasteiger partial charge in [-0.1, -0.05) is 48.0 Å². The molecule has 4 rings (SSSR count). The van der Waals surface area contributed by atoms with Gasteiger partial charge in [-0.3, -0.25) is 4.79 Å². The van der Waals surface area contributed by atoms with Crippen molar-refractivity contribution in [3.05, 3.63) is 81.6 Å². The Morgan fingerprint density at radius 2 is 1.67 bits per heavy atom. The van der Waals surface area contributed by atoms with Crippen molar-refractivity contribution in [2.24, 2.45) is 0 Å². The number of aryl methyl sites for hydroxylation is 1. The zero-order valence-corrected chi connectivity index (χ0v) is 18.5. The van der Waals surface area contributed by atoms with Gasteiger partial charge in [0.05, 0.1) is 17.6 Å². The fraction of sp³-hybridized carbons (Fsp3) is 0.160. The average molecular weight is 474 g/mol. The number of aromatic amines is 1. The topological polar surface area (TPSA) is 51.3 Å². The molecule has 170 valence electrons. The summed E-state index contributed by atoms with van der Waals surface area (Å²) < 4.78 is 47.3. The molecule has 0 unspecified atom stereocenters. The first-order valence-corrected chi connectivity index (χ1v) is 10.3. The van der Waals surface area contributed by atoms with E-state index in [2.05, 4.69) is 4.98 Å². The van der Waals surface area contributed by atoms with Crippen LogP contribution in [0.3, 0.4) is 0 Å². The number of benzene rings is 3. The molecule has 3 aromatic carbocycles. The molecule has 1 heterocycles. The van der Waals surface area contributed by atoms with Gasteiger partial charge in [-0.05, 0) is 41.8 Å². The van der Waals surface area contributed by atoms with Gasteiger partial charge in [-0.2, -0.15) is 13.2 Å². The Kier molecular flexibility index (Phi) is 6.08. The van der Waals surface area contributed by atoms with E-state index in [0.29, 0.717) is 44.1 Å². The van der Waals surface area contributed by atoms with Crippen molar-refractivity contribution in [1.82, 2.24) is 4.98 Å².